The van der Waals surface area contributed by atoms with E-state index < -0.39 is 37.3 Å². The number of ether oxygens (including phenoxy) is 2. The lowest BCUT2D eigenvalue weighted by atomic mass is 9.98. The van der Waals surface area contributed by atoms with E-state index in [1.165, 1.54) is 7.11 Å². The van der Waals surface area contributed by atoms with Crippen molar-refractivity contribution >= 4 is 5.69 Å². The van der Waals surface area contributed by atoms with Gasteiger partial charge in [-0.25, -0.2) is 0 Å². The summed E-state index contributed by atoms with van der Waals surface area (Å²) in [6, 6.07) is 6.95. The molecule has 1 heterocycles. The van der Waals surface area contributed by atoms with Crippen LogP contribution in [0.25, 0.3) is 0 Å². The third-order valence-electron chi connectivity index (χ3n) is 3.27. The average Bonchev–Trinajstić information content (AvgIpc) is 2.48. The van der Waals surface area contributed by atoms with Crippen molar-refractivity contribution in [1.82, 2.24) is 0 Å². The number of rotatable bonds is 4. The summed E-state index contributed by atoms with van der Waals surface area (Å²) in [4.78, 5) is 0. The minimum atomic E-state index is -1.40. The average molecular weight is 285 g/mol. The Morgan fingerprint density at radius 1 is 1.20 bits per heavy atom. The fourth-order valence-corrected chi connectivity index (χ4v) is 2.10. The molecule has 1 aliphatic heterocycles. The van der Waals surface area contributed by atoms with Crippen molar-refractivity contribution in [2.24, 2.45) is 0 Å². The van der Waals surface area contributed by atoms with Gasteiger partial charge in [-0.1, -0.05) is 6.07 Å². The largest absolute Gasteiger partial charge is 0.497 e. The molecule has 0 spiro atoms. The first kappa shape index (κ1) is 15.0. The Labute approximate surface area is 116 Å². The molecule has 0 bridgehead atoms. The number of nitrogens with one attached hydrogen (secondary N) is 1. The minimum absolute atomic E-state index is 0.457. The molecule has 112 valence electrons. The zero-order chi connectivity index (χ0) is 14.7. The van der Waals surface area contributed by atoms with Gasteiger partial charge in [0, 0.05) is 11.8 Å². The monoisotopic (exact) mass is 285 g/mol. The van der Waals surface area contributed by atoms with Crippen molar-refractivity contribution in [3.05, 3.63) is 24.3 Å². The van der Waals surface area contributed by atoms with Crippen LogP contribution in [0.5, 0.6) is 5.75 Å². The van der Waals surface area contributed by atoms with Gasteiger partial charge in [0.2, 0.25) is 0 Å². The van der Waals surface area contributed by atoms with Crippen molar-refractivity contribution in [2.45, 2.75) is 30.6 Å². The number of benzene rings is 1. The highest BCUT2D eigenvalue weighted by atomic mass is 16.6. The van der Waals surface area contributed by atoms with E-state index in [9.17, 15) is 15.3 Å². The lowest BCUT2D eigenvalue weighted by Crippen LogP contribution is -2.60. The Kier molecular flexibility index (Phi) is 4.79. The van der Waals surface area contributed by atoms with Gasteiger partial charge in [-0.15, -0.1) is 0 Å². The fourth-order valence-electron chi connectivity index (χ4n) is 2.10. The molecule has 0 radical (unpaired) electrons. The highest BCUT2D eigenvalue weighted by molar-refractivity contribution is 5.48. The van der Waals surface area contributed by atoms with E-state index in [2.05, 4.69) is 5.32 Å². The van der Waals surface area contributed by atoms with E-state index in [0.717, 1.165) is 0 Å². The van der Waals surface area contributed by atoms with Crippen molar-refractivity contribution < 1.29 is 29.9 Å². The summed E-state index contributed by atoms with van der Waals surface area (Å²) in [5.74, 6) is 0.625. The molecule has 1 fully saturated rings. The first-order chi connectivity index (χ1) is 9.56. The Hall–Kier alpha value is -1.38. The van der Waals surface area contributed by atoms with Gasteiger partial charge in [0.25, 0.3) is 0 Å². The lowest BCUT2D eigenvalue weighted by Gasteiger charge is -2.40. The molecule has 0 unspecified atom stereocenters. The van der Waals surface area contributed by atoms with Crippen LogP contribution in [-0.2, 0) is 4.74 Å². The molecule has 1 aliphatic rings. The number of aliphatic hydroxyl groups is 4. The Morgan fingerprint density at radius 2 is 1.95 bits per heavy atom. The second-order valence-corrected chi connectivity index (χ2v) is 4.63. The Bertz CT molecular complexity index is 441. The third-order valence-corrected chi connectivity index (χ3v) is 3.27. The van der Waals surface area contributed by atoms with E-state index in [-0.39, 0.29) is 0 Å². The van der Waals surface area contributed by atoms with Crippen molar-refractivity contribution in [1.29, 1.82) is 0 Å². The summed E-state index contributed by atoms with van der Waals surface area (Å²) in [5.41, 5.74) is 0.619. The van der Waals surface area contributed by atoms with Crippen LogP contribution in [0.3, 0.4) is 0 Å². The summed E-state index contributed by atoms with van der Waals surface area (Å²) < 4.78 is 10.4. The molecule has 7 heteroatoms. The number of methoxy groups -OCH3 is 1. The maximum absolute atomic E-state index is 9.90. The predicted molar refractivity (Wildman–Crippen MR) is 70.4 cm³/mol. The Morgan fingerprint density at radius 3 is 2.60 bits per heavy atom. The Balaban J connectivity index is 2.10. The molecule has 5 N–H and O–H groups in total. The molecule has 0 saturated carbocycles. The first-order valence-corrected chi connectivity index (χ1v) is 6.28. The van der Waals surface area contributed by atoms with E-state index in [4.69, 9.17) is 14.6 Å². The lowest BCUT2D eigenvalue weighted by molar-refractivity contribution is -0.221. The van der Waals surface area contributed by atoms with Crippen LogP contribution < -0.4 is 10.1 Å². The zero-order valence-corrected chi connectivity index (χ0v) is 11.0. The normalized spacial score (nSPS) is 33.8. The molecular formula is C13H19NO6. The minimum Gasteiger partial charge on any atom is -0.497 e. The zero-order valence-electron chi connectivity index (χ0n) is 11.0. The highest BCUT2D eigenvalue weighted by Gasteiger charge is 2.43. The summed E-state index contributed by atoms with van der Waals surface area (Å²) in [6.45, 7) is -0.457. The number of aliphatic hydroxyl groups excluding tert-OH is 4. The maximum atomic E-state index is 9.90. The predicted octanol–water partition coefficient (Wildman–Crippen LogP) is -1.09. The first-order valence-electron chi connectivity index (χ1n) is 6.28. The highest BCUT2D eigenvalue weighted by Crippen LogP contribution is 2.24. The smallest absolute Gasteiger partial charge is 0.157 e. The second-order valence-electron chi connectivity index (χ2n) is 4.63. The van der Waals surface area contributed by atoms with Crippen molar-refractivity contribution in [3.8, 4) is 5.75 Å². The summed E-state index contributed by atoms with van der Waals surface area (Å²) in [7, 11) is 1.53. The topological polar surface area (TPSA) is 111 Å². The van der Waals surface area contributed by atoms with Gasteiger partial charge in [-0.05, 0) is 12.1 Å². The number of hydrogen-bond donors (Lipinski definition) is 5. The fraction of sp³-hybridized carbons (Fsp3) is 0.538. The summed E-state index contributed by atoms with van der Waals surface area (Å²) in [6.07, 6.45) is -5.96. The van der Waals surface area contributed by atoms with Crippen LogP contribution in [0.4, 0.5) is 5.69 Å². The van der Waals surface area contributed by atoms with Crippen LogP contribution in [0.2, 0.25) is 0 Å². The number of hydrogen-bond acceptors (Lipinski definition) is 7. The SMILES string of the molecule is COc1cccc(N[C@@H]2O[C@H](CO)[C@H](O)[C@@H](O)[C@@H]2O)c1. The molecule has 0 aromatic heterocycles. The van der Waals surface area contributed by atoms with E-state index in [0.29, 0.717) is 11.4 Å². The van der Waals surface area contributed by atoms with Crippen LogP contribution >= 0.6 is 0 Å². The van der Waals surface area contributed by atoms with Gasteiger partial charge in [0.15, 0.2) is 6.23 Å². The maximum Gasteiger partial charge on any atom is 0.157 e. The molecule has 0 aliphatic carbocycles. The van der Waals surface area contributed by atoms with Gasteiger partial charge in [-0.3, -0.25) is 0 Å². The van der Waals surface area contributed by atoms with Crippen LogP contribution in [0.1, 0.15) is 0 Å². The van der Waals surface area contributed by atoms with Crippen LogP contribution in [0.15, 0.2) is 24.3 Å². The van der Waals surface area contributed by atoms with Crippen molar-refractivity contribution in [3.63, 3.8) is 0 Å². The third kappa shape index (κ3) is 3.02. The molecule has 7 nitrogen and oxygen atoms in total. The van der Waals surface area contributed by atoms with Crippen molar-refractivity contribution in [2.75, 3.05) is 19.0 Å². The molecule has 2 rings (SSSR count). The van der Waals surface area contributed by atoms with Crippen LogP contribution in [-0.4, -0.2) is 64.8 Å². The summed E-state index contributed by atoms with van der Waals surface area (Å²) >= 11 is 0. The molecular weight excluding hydrogens is 266 g/mol. The van der Waals surface area contributed by atoms with Gasteiger partial charge < -0.3 is 35.2 Å². The molecule has 1 aromatic rings. The van der Waals surface area contributed by atoms with E-state index in [1.807, 2.05) is 0 Å². The van der Waals surface area contributed by atoms with E-state index in [1.54, 1.807) is 24.3 Å². The summed E-state index contributed by atoms with van der Waals surface area (Å²) in [5, 5.41) is 41.3. The van der Waals surface area contributed by atoms with Gasteiger partial charge >= 0.3 is 0 Å². The molecule has 0 amide bonds. The quantitative estimate of drug-likeness (QED) is 0.478. The number of anilines is 1. The second kappa shape index (κ2) is 6.38. The van der Waals surface area contributed by atoms with Gasteiger partial charge in [0.05, 0.1) is 13.7 Å². The van der Waals surface area contributed by atoms with Crippen LogP contribution in [0, 0.1) is 0 Å². The molecule has 5 atom stereocenters. The molecule has 1 aromatic carbocycles. The van der Waals surface area contributed by atoms with E-state index >= 15 is 0 Å². The molecule has 20 heavy (non-hydrogen) atoms. The standard InChI is InChI=1S/C13H19NO6/c1-19-8-4-2-3-7(5-8)14-13-12(18)11(17)10(16)9(6-15)20-13/h2-5,9-18H,6H2,1H3/t9-,10+,11-,12+,13-/m1/s1. The van der Waals surface area contributed by atoms with Gasteiger partial charge in [-0.2, -0.15) is 0 Å². The van der Waals surface area contributed by atoms with Gasteiger partial charge in [0.1, 0.15) is 30.2 Å². The molecule has 1 saturated heterocycles.